The Balaban J connectivity index is 0.000000306. The number of ether oxygens (including phenoxy) is 4. The molecule has 2 aliphatic rings. The van der Waals surface area contributed by atoms with Gasteiger partial charge in [0.25, 0.3) is 10.1 Å². The van der Waals surface area contributed by atoms with Crippen molar-refractivity contribution in [2.45, 2.75) is 24.0 Å². The Bertz CT molecular complexity index is 1730. The van der Waals surface area contributed by atoms with Gasteiger partial charge in [-0.1, -0.05) is 34.9 Å². The number of aryl methyl sites for hydroxylation is 1. The first-order valence-electron chi connectivity index (χ1n) is 12.6. The Hall–Kier alpha value is -4.81. The van der Waals surface area contributed by atoms with Crippen LogP contribution in [0.25, 0.3) is 26.4 Å². The van der Waals surface area contributed by atoms with Crippen molar-refractivity contribution in [1.29, 1.82) is 0 Å². The van der Waals surface area contributed by atoms with Crippen molar-refractivity contribution in [3.05, 3.63) is 113 Å². The topological polar surface area (TPSA) is 274 Å². The maximum Gasteiger partial charge on any atom is 1.00 e. The molecule has 0 fully saturated rings. The summed E-state index contributed by atoms with van der Waals surface area (Å²) in [5, 5.41) is 25.2. The Kier molecular flexibility index (Phi) is 14.3. The van der Waals surface area contributed by atoms with E-state index >= 15 is 0 Å². The molecule has 236 valence electrons. The first kappa shape index (κ1) is 37.4. The van der Waals surface area contributed by atoms with Crippen LogP contribution in [0.5, 0.6) is 23.0 Å². The molecular weight excluding hydrogens is 643 g/mol. The quantitative estimate of drug-likeness (QED) is 0.0640. The van der Waals surface area contributed by atoms with E-state index in [-0.39, 0.29) is 89.4 Å². The van der Waals surface area contributed by atoms with Crippen LogP contribution in [0.2, 0.25) is 0 Å². The summed E-state index contributed by atoms with van der Waals surface area (Å²) in [5.74, 6) is 0.630. The van der Waals surface area contributed by atoms with Crippen molar-refractivity contribution in [2.24, 2.45) is 5.11 Å². The van der Waals surface area contributed by atoms with E-state index in [0.29, 0.717) is 5.75 Å². The summed E-state index contributed by atoms with van der Waals surface area (Å²) in [5.41, 5.74) is 22.2. The van der Waals surface area contributed by atoms with Crippen LogP contribution in [0, 0.1) is 27.2 Å². The number of rotatable bonds is 8. The average molecular weight is 667 g/mol. The minimum atomic E-state index is -3.95. The van der Waals surface area contributed by atoms with E-state index in [4.69, 9.17) is 39.7 Å². The van der Waals surface area contributed by atoms with Gasteiger partial charge in [0.05, 0.1) is 21.3 Å². The molecule has 2 unspecified atom stereocenters. The summed E-state index contributed by atoms with van der Waals surface area (Å²) in [6.07, 6.45) is -1.28. The van der Waals surface area contributed by atoms with Crippen LogP contribution in [0.3, 0.4) is 0 Å². The fourth-order valence-electron chi connectivity index (χ4n) is 3.77. The second kappa shape index (κ2) is 17.6. The number of hydrogen-bond acceptors (Lipinski definition) is 12. The molecule has 0 saturated carbocycles. The number of azide groups is 1. The van der Waals surface area contributed by atoms with Gasteiger partial charge in [-0.15, -0.1) is 0 Å². The zero-order valence-electron chi connectivity index (χ0n) is 24.2. The molecule has 0 aliphatic carbocycles. The molecular formula is C25H23N8NaO11S. The number of nitrogens with zero attached hydrogens (tertiary/aromatic N) is 8. The molecule has 19 nitrogen and oxygen atoms in total. The summed E-state index contributed by atoms with van der Waals surface area (Å²) in [4.78, 5) is 24.8. The first-order chi connectivity index (χ1) is 21.5. The number of para-hydroxylation sites is 2. The molecule has 2 heterocycles. The Morgan fingerprint density at radius 2 is 1.35 bits per heavy atom. The molecule has 0 aromatic heterocycles. The van der Waals surface area contributed by atoms with Crippen molar-refractivity contribution >= 4 is 21.5 Å². The van der Waals surface area contributed by atoms with Crippen LogP contribution in [0.4, 0.5) is 11.4 Å². The fourth-order valence-corrected chi connectivity index (χ4v) is 4.70. The Morgan fingerprint density at radius 3 is 1.83 bits per heavy atom. The van der Waals surface area contributed by atoms with Crippen molar-refractivity contribution in [1.82, 2.24) is 0 Å². The number of benzene rings is 3. The molecule has 2 aliphatic heterocycles. The zero-order chi connectivity index (χ0) is 33.0. The van der Waals surface area contributed by atoms with Gasteiger partial charge in [-0.25, -0.2) is 0 Å². The fraction of sp³-hybridized carbons (Fsp3) is 0.280. The van der Waals surface area contributed by atoms with Gasteiger partial charge in [-0.2, -0.15) is 8.42 Å². The number of nitro groups is 2. The minimum Gasteiger partial charge on any atom is -0.486 e. The molecule has 5 rings (SSSR count). The van der Waals surface area contributed by atoms with Gasteiger partial charge >= 0.3 is 40.9 Å². The molecule has 0 radical (unpaired) electrons. The predicted octanol–water partition coefficient (Wildman–Crippen LogP) is 2.36. The summed E-state index contributed by atoms with van der Waals surface area (Å²) in [6, 6.07) is 15.0. The minimum absolute atomic E-state index is 0. The number of hydrogen-bond donors (Lipinski definition) is 0. The van der Waals surface area contributed by atoms with Gasteiger partial charge in [0.15, 0.2) is 17.6 Å². The normalized spacial score (nSPS) is 15.4. The van der Waals surface area contributed by atoms with E-state index in [2.05, 4.69) is 10.0 Å². The first-order valence-corrected chi connectivity index (χ1v) is 14.0. The third-order valence-electron chi connectivity index (χ3n) is 5.80. The average Bonchev–Trinajstić information content (AvgIpc) is 3.02. The standard InChI is InChI=1S/C16H15NO7S.C9H8N4O4.N3.Na/c1-11-5-7-13(8-6-11)25(20,21)23-10-12-9-22-15-4-2-3-14(17(18)19)16(15)24-12;10-12-11-4-6-5-16-8-3-1-2-7(13(14)15)9(8)17-6;1-3-2;/h2-8,12H,9-10H2,1H3;1-3,6H,4-5H2;;/q;;-1;+1. The third-order valence-corrected chi connectivity index (χ3v) is 7.09. The Labute approximate surface area is 282 Å². The summed E-state index contributed by atoms with van der Waals surface area (Å²) in [7, 11) is -3.95. The smallest absolute Gasteiger partial charge is 0.486 e. The van der Waals surface area contributed by atoms with Crippen molar-refractivity contribution in [2.75, 3.05) is 26.4 Å². The van der Waals surface area contributed by atoms with Gasteiger partial charge in [0, 0.05) is 17.0 Å². The van der Waals surface area contributed by atoms with Crippen LogP contribution in [0.1, 0.15) is 5.56 Å². The summed E-state index contributed by atoms with van der Waals surface area (Å²) < 4.78 is 51.0. The van der Waals surface area contributed by atoms with Gasteiger partial charge in [0.1, 0.15) is 25.9 Å². The van der Waals surface area contributed by atoms with Crippen molar-refractivity contribution < 1.29 is 71.0 Å². The van der Waals surface area contributed by atoms with E-state index in [1.54, 1.807) is 24.3 Å². The monoisotopic (exact) mass is 666 g/mol. The second-order valence-corrected chi connectivity index (χ2v) is 10.5. The van der Waals surface area contributed by atoms with E-state index in [0.717, 1.165) is 5.56 Å². The molecule has 0 spiro atoms. The van der Waals surface area contributed by atoms with Crippen LogP contribution < -0.4 is 48.5 Å². The van der Waals surface area contributed by atoms with Gasteiger partial charge < -0.3 is 30.0 Å². The third kappa shape index (κ3) is 10.1. The SMILES string of the molecule is Cc1ccc(S(=O)(=O)OCC2COc3cccc([N+](=O)[O-])c3O2)cc1.[N-]=[N+]=NCC1COc2cccc([N+](=O)[O-])c2O1.[N-]=[N+]=[N-].[Na+]. The number of nitro benzene ring substituents is 2. The van der Waals surface area contributed by atoms with E-state index in [1.807, 2.05) is 6.92 Å². The second-order valence-electron chi connectivity index (χ2n) is 8.88. The molecule has 2 atom stereocenters. The van der Waals surface area contributed by atoms with Crippen LogP contribution in [-0.4, -0.2) is 56.8 Å². The largest absolute Gasteiger partial charge is 1.00 e. The van der Waals surface area contributed by atoms with Gasteiger partial charge in [-0.05, 0) is 36.7 Å². The van der Waals surface area contributed by atoms with E-state index in [9.17, 15) is 28.6 Å². The van der Waals surface area contributed by atoms with Crippen molar-refractivity contribution in [3.8, 4) is 23.0 Å². The van der Waals surface area contributed by atoms with Crippen LogP contribution >= 0.6 is 0 Å². The molecule has 21 heteroatoms. The molecule has 0 amide bonds. The van der Waals surface area contributed by atoms with E-state index in [1.165, 1.54) is 41.3 Å². The maximum atomic E-state index is 12.2. The summed E-state index contributed by atoms with van der Waals surface area (Å²) >= 11 is 0. The molecule has 0 bridgehead atoms. The Morgan fingerprint density at radius 1 is 0.870 bits per heavy atom. The summed E-state index contributed by atoms with van der Waals surface area (Å²) in [6.45, 7) is 1.82. The van der Waals surface area contributed by atoms with E-state index < -0.39 is 32.2 Å². The van der Waals surface area contributed by atoms with Crippen LogP contribution in [-0.2, 0) is 14.3 Å². The predicted molar refractivity (Wildman–Crippen MR) is 154 cm³/mol. The molecule has 0 saturated heterocycles. The molecule has 0 N–H and O–H groups in total. The van der Waals surface area contributed by atoms with Crippen molar-refractivity contribution in [3.63, 3.8) is 0 Å². The zero-order valence-corrected chi connectivity index (χ0v) is 27.0. The van der Waals surface area contributed by atoms with Crippen LogP contribution in [0.15, 0.2) is 70.7 Å². The molecule has 3 aromatic rings. The number of fused-ring (bicyclic) bond motifs is 2. The maximum absolute atomic E-state index is 12.2. The van der Waals surface area contributed by atoms with Gasteiger partial charge in [-0.3, -0.25) is 29.3 Å². The molecule has 3 aromatic carbocycles. The molecule has 46 heavy (non-hydrogen) atoms. The van der Waals surface area contributed by atoms with Gasteiger partial charge in [0.2, 0.25) is 11.5 Å².